The van der Waals surface area contributed by atoms with Gasteiger partial charge in [0.2, 0.25) is 5.91 Å². The molecule has 0 spiro atoms. The van der Waals surface area contributed by atoms with Gasteiger partial charge in [0.05, 0.1) is 17.2 Å². The van der Waals surface area contributed by atoms with Gasteiger partial charge in [-0.25, -0.2) is 0 Å². The van der Waals surface area contributed by atoms with Crippen molar-refractivity contribution in [3.63, 3.8) is 0 Å². The van der Waals surface area contributed by atoms with Gasteiger partial charge in [-0.1, -0.05) is 0 Å². The topological polar surface area (TPSA) is 75.6 Å². The van der Waals surface area contributed by atoms with Crippen molar-refractivity contribution in [2.75, 3.05) is 0 Å². The van der Waals surface area contributed by atoms with Gasteiger partial charge in [-0.3, -0.25) is 9.59 Å². The van der Waals surface area contributed by atoms with Gasteiger partial charge in [-0.2, -0.15) is 0 Å². The van der Waals surface area contributed by atoms with Crippen LogP contribution in [0.2, 0.25) is 0 Å². The van der Waals surface area contributed by atoms with Crippen molar-refractivity contribution < 1.29 is 19.4 Å². The minimum absolute atomic E-state index is 0.142. The average Bonchev–Trinajstić information content (AvgIpc) is 2.90. The van der Waals surface area contributed by atoms with E-state index < -0.39 is 17.0 Å². The van der Waals surface area contributed by atoms with Gasteiger partial charge in [0.15, 0.2) is 0 Å². The molecule has 102 valence electrons. The first-order valence-corrected chi connectivity index (χ1v) is 6.34. The van der Waals surface area contributed by atoms with Crippen molar-refractivity contribution in [1.29, 1.82) is 0 Å². The SMILES string of the molecule is CC1(C)CC(NC(=O)C2(C(=O)O)CC2)C(C)(C)O1. The van der Waals surface area contributed by atoms with E-state index in [1.54, 1.807) is 0 Å². The highest BCUT2D eigenvalue weighted by atomic mass is 16.5. The molecule has 2 N–H and O–H groups in total. The van der Waals surface area contributed by atoms with E-state index >= 15 is 0 Å². The Bertz CT molecular complexity index is 396. The average molecular weight is 255 g/mol. The molecule has 1 saturated carbocycles. The van der Waals surface area contributed by atoms with Gasteiger partial charge >= 0.3 is 5.97 Å². The molecule has 1 saturated heterocycles. The van der Waals surface area contributed by atoms with Crippen LogP contribution in [0.25, 0.3) is 0 Å². The summed E-state index contributed by atoms with van der Waals surface area (Å²) in [6.45, 7) is 7.80. The first-order valence-electron chi connectivity index (χ1n) is 6.34. The standard InChI is InChI=1S/C13H21NO4/c1-11(2)7-8(12(3,4)18-11)14-9(15)13(5-6-13)10(16)17/h8H,5-7H2,1-4H3,(H,14,15)(H,16,17). The quantitative estimate of drug-likeness (QED) is 0.746. The van der Waals surface area contributed by atoms with Crippen LogP contribution in [0.15, 0.2) is 0 Å². The number of carboxylic acid groups (broad SMARTS) is 1. The number of nitrogens with one attached hydrogen (secondary N) is 1. The Balaban J connectivity index is 2.07. The van der Waals surface area contributed by atoms with E-state index in [0.717, 1.165) is 0 Å². The Hall–Kier alpha value is -1.10. The fourth-order valence-corrected chi connectivity index (χ4v) is 2.75. The normalized spacial score (nSPS) is 30.8. The predicted octanol–water partition coefficient (Wildman–Crippen LogP) is 1.31. The number of rotatable bonds is 3. The van der Waals surface area contributed by atoms with E-state index in [9.17, 15) is 9.59 Å². The van der Waals surface area contributed by atoms with Crippen LogP contribution in [0.3, 0.4) is 0 Å². The predicted molar refractivity (Wildman–Crippen MR) is 65.1 cm³/mol. The van der Waals surface area contributed by atoms with E-state index in [0.29, 0.717) is 19.3 Å². The van der Waals surface area contributed by atoms with Gasteiger partial charge in [0, 0.05) is 0 Å². The summed E-state index contributed by atoms with van der Waals surface area (Å²) in [6, 6.07) is -0.142. The van der Waals surface area contributed by atoms with E-state index in [1.165, 1.54) is 0 Å². The molecule has 2 fully saturated rings. The maximum Gasteiger partial charge on any atom is 0.319 e. The van der Waals surface area contributed by atoms with Gasteiger partial charge in [0.1, 0.15) is 5.41 Å². The lowest BCUT2D eigenvalue weighted by molar-refractivity contribution is -0.149. The van der Waals surface area contributed by atoms with Crippen LogP contribution in [0.4, 0.5) is 0 Å². The number of ether oxygens (including phenoxy) is 1. The van der Waals surface area contributed by atoms with E-state index in [2.05, 4.69) is 5.32 Å². The van der Waals surface area contributed by atoms with Gasteiger partial charge in [-0.15, -0.1) is 0 Å². The summed E-state index contributed by atoms with van der Waals surface area (Å²) in [5.41, 5.74) is -1.93. The summed E-state index contributed by atoms with van der Waals surface area (Å²) < 4.78 is 5.88. The second-order valence-corrected chi connectivity index (χ2v) is 6.58. The molecule has 1 amide bonds. The summed E-state index contributed by atoms with van der Waals surface area (Å²) in [6.07, 6.45) is 1.57. The molecule has 2 aliphatic rings. The highest BCUT2D eigenvalue weighted by Crippen LogP contribution is 2.47. The molecule has 0 aromatic rings. The largest absolute Gasteiger partial charge is 0.480 e. The number of carbonyl (C=O) groups is 2. The maximum atomic E-state index is 12.1. The molecular weight excluding hydrogens is 234 g/mol. The number of carboxylic acids is 1. The molecular formula is C13H21NO4. The van der Waals surface area contributed by atoms with E-state index in [-0.39, 0.29) is 17.6 Å². The summed E-state index contributed by atoms with van der Waals surface area (Å²) in [5.74, 6) is -1.38. The third-order valence-electron chi connectivity index (χ3n) is 3.97. The second-order valence-electron chi connectivity index (χ2n) is 6.58. The van der Waals surface area contributed by atoms with E-state index in [4.69, 9.17) is 9.84 Å². The lowest BCUT2D eigenvalue weighted by atomic mass is 9.93. The molecule has 1 heterocycles. The second kappa shape index (κ2) is 3.70. The van der Waals surface area contributed by atoms with Crippen LogP contribution < -0.4 is 5.32 Å². The van der Waals surface area contributed by atoms with Crippen LogP contribution in [0.1, 0.15) is 47.0 Å². The molecule has 0 aromatic carbocycles. The van der Waals surface area contributed by atoms with Gasteiger partial charge < -0.3 is 15.2 Å². The zero-order valence-corrected chi connectivity index (χ0v) is 11.4. The molecule has 1 atom stereocenters. The van der Waals surface area contributed by atoms with Crippen LogP contribution in [0, 0.1) is 5.41 Å². The summed E-state index contributed by atoms with van der Waals surface area (Å²) in [5, 5.41) is 12.0. The van der Waals surface area contributed by atoms with Crippen molar-refractivity contribution in [3.05, 3.63) is 0 Å². The first kappa shape index (κ1) is 13.3. The van der Waals surface area contributed by atoms with Crippen LogP contribution in [0.5, 0.6) is 0 Å². The van der Waals surface area contributed by atoms with Crippen LogP contribution in [-0.2, 0) is 14.3 Å². The van der Waals surface area contributed by atoms with Crippen molar-refractivity contribution in [2.24, 2.45) is 5.41 Å². The Morgan fingerprint density at radius 2 is 1.78 bits per heavy atom. The number of aliphatic carboxylic acids is 1. The smallest absolute Gasteiger partial charge is 0.319 e. The molecule has 1 aliphatic heterocycles. The van der Waals surface area contributed by atoms with E-state index in [1.807, 2.05) is 27.7 Å². The lowest BCUT2D eigenvalue weighted by Crippen LogP contribution is -2.50. The van der Waals surface area contributed by atoms with Gasteiger partial charge in [-0.05, 0) is 47.0 Å². The monoisotopic (exact) mass is 255 g/mol. The minimum Gasteiger partial charge on any atom is -0.480 e. The molecule has 0 bridgehead atoms. The summed E-state index contributed by atoms with van der Waals surface area (Å²) in [7, 11) is 0. The third-order valence-corrected chi connectivity index (χ3v) is 3.97. The number of amides is 1. The summed E-state index contributed by atoms with van der Waals surface area (Å²) in [4.78, 5) is 23.2. The highest BCUT2D eigenvalue weighted by Gasteiger charge is 2.58. The lowest BCUT2D eigenvalue weighted by Gasteiger charge is -2.28. The Labute approximate surface area is 107 Å². The van der Waals surface area contributed by atoms with Crippen LogP contribution >= 0.6 is 0 Å². The number of carbonyl (C=O) groups excluding carboxylic acids is 1. The van der Waals surface area contributed by atoms with Gasteiger partial charge in [0.25, 0.3) is 0 Å². The third kappa shape index (κ3) is 2.11. The molecule has 1 aliphatic carbocycles. The fraction of sp³-hybridized carbons (Fsp3) is 0.846. The minimum atomic E-state index is -1.18. The molecule has 0 radical (unpaired) electrons. The first-order chi connectivity index (χ1) is 8.09. The van der Waals surface area contributed by atoms with Crippen molar-refractivity contribution >= 4 is 11.9 Å². The molecule has 5 heteroatoms. The number of hydrogen-bond acceptors (Lipinski definition) is 3. The van der Waals surface area contributed by atoms with Crippen LogP contribution in [-0.4, -0.2) is 34.2 Å². The zero-order valence-electron chi connectivity index (χ0n) is 11.4. The maximum absolute atomic E-state index is 12.1. The van der Waals surface area contributed by atoms with Crippen molar-refractivity contribution in [1.82, 2.24) is 5.32 Å². The molecule has 5 nitrogen and oxygen atoms in total. The fourth-order valence-electron chi connectivity index (χ4n) is 2.75. The van der Waals surface area contributed by atoms with Crippen molar-refractivity contribution in [3.8, 4) is 0 Å². The van der Waals surface area contributed by atoms with Crippen molar-refractivity contribution in [2.45, 2.75) is 64.2 Å². The molecule has 2 rings (SSSR count). The molecule has 18 heavy (non-hydrogen) atoms. The summed E-state index contributed by atoms with van der Waals surface area (Å²) >= 11 is 0. The Morgan fingerprint density at radius 3 is 2.11 bits per heavy atom. The molecule has 0 aromatic heterocycles. The Morgan fingerprint density at radius 1 is 1.22 bits per heavy atom. The Kier molecular flexibility index (Phi) is 2.74. The highest BCUT2D eigenvalue weighted by molar-refractivity contribution is 6.05. The number of hydrogen-bond donors (Lipinski definition) is 2. The molecule has 1 unspecified atom stereocenters. The zero-order chi connectivity index (χ0) is 13.8.